The van der Waals surface area contributed by atoms with Crippen molar-refractivity contribution in [1.82, 2.24) is 24.4 Å². The maximum Gasteiger partial charge on any atom is 0.261 e. The third-order valence-corrected chi connectivity index (χ3v) is 3.81. The van der Waals surface area contributed by atoms with Gasteiger partial charge in [0.2, 0.25) is 0 Å². The molecule has 1 N–H and O–H groups in total. The van der Waals surface area contributed by atoms with Crippen molar-refractivity contribution >= 4 is 17.2 Å². The SMILES string of the molecule is Cn1ncc(NC(=O)c2cnn3cccnc23)c1-c1cccc(F)c1. The van der Waals surface area contributed by atoms with E-state index in [2.05, 4.69) is 20.5 Å². The van der Waals surface area contributed by atoms with E-state index in [1.54, 1.807) is 42.3 Å². The first-order chi connectivity index (χ1) is 12.1. The number of anilines is 1. The molecule has 0 fully saturated rings. The number of benzene rings is 1. The average molecular weight is 336 g/mol. The molecule has 4 rings (SSSR count). The molecular formula is C17H13FN6O. The third-order valence-electron chi connectivity index (χ3n) is 3.81. The highest BCUT2D eigenvalue weighted by Gasteiger charge is 2.18. The zero-order valence-electron chi connectivity index (χ0n) is 13.2. The highest BCUT2D eigenvalue weighted by molar-refractivity contribution is 6.09. The largest absolute Gasteiger partial charge is 0.319 e. The zero-order chi connectivity index (χ0) is 17.4. The average Bonchev–Trinajstić information content (AvgIpc) is 3.18. The van der Waals surface area contributed by atoms with E-state index in [0.717, 1.165) is 0 Å². The van der Waals surface area contributed by atoms with Crippen molar-refractivity contribution in [3.05, 3.63) is 66.5 Å². The first kappa shape index (κ1) is 15.0. The van der Waals surface area contributed by atoms with Crippen LogP contribution in [0.15, 0.2) is 55.1 Å². The van der Waals surface area contributed by atoms with Crippen molar-refractivity contribution in [2.45, 2.75) is 0 Å². The van der Waals surface area contributed by atoms with Gasteiger partial charge in [-0.3, -0.25) is 9.48 Å². The molecule has 0 atom stereocenters. The fourth-order valence-electron chi connectivity index (χ4n) is 2.68. The van der Waals surface area contributed by atoms with E-state index in [0.29, 0.717) is 28.2 Å². The standard InChI is InChI=1S/C17H13FN6O/c1-23-15(11-4-2-5-12(18)8-11)14(10-20-23)22-17(25)13-9-21-24-7-3-6-19-16(13)24/h2-10H,1H3,(H,22,25). The van der Waals surface area contributed by atoms with E-state index in [9.17, 15) is 9.18 Å². The summed E-state index contributed by atoms with van der Waals surface area (Å²) in [4.78, 5) is 16.8. The number of carbonyl (C=O) groups is 1. The number of hydrogen-bond donors (Lipinski definition) is 1. The molecule has 124 valence electrons. The smallest absolute Gasteiger partial charge is 0.261 e. The molecule has 0 aliphatic heterocycles. The van der Waals surface area contributed by atoms with E-state index in [1.807, 2.05) is 0 Å². The summed E-state index contributed by atoms with van der Waals surface area (Å²) in [5.74, 6) is -0.720. The minimum Gasteiger partial charge on any atom is -0.319 e. The summed E-state index contributed by atoms with van der Waals surface area (Å²) in [6.45, 7) is 0. The van der Waals surface area contributed by atoms with Gasteiger partial charge in [-0.05, 0) is 18.2 Å². The number of aryl methyl sites for hydroxylation is 1. The van der Waals surface area contributed by atoms with Gasteiger partial charge in [0, 0.05) is 25.0 Å². The Morgan fingerprint density at radius 1 is 1.20 bits per heavy atom. The predicted molar refractivity (Wildman–Crippen MR) is 89.5 cm³/mol. The van der Waals surface area contributed by atoms with E-state index in [4.69, 9.17) is 0 Å². The molecule has 0 spiro atoms. The Labute approximate surface area is 141 Å². The van der Waals surface area contributed by atoms with Crippen molar-refractivity contribution in [1.29, 1.82) is 0 Å². The van der Waals surface area contributed by atoms with Gasteiger partial charge in [-0.15, -0.1) is 0 Å². The lowest BCUT2D eigenvalue weighted by Gasteiger charge is -2.08. The molecule has 0 saturated carbocycles. The molecule has 0 aliphatic rings. The molecule has 0 saturated heterocycles. The van der Waals surface area contributed by atoms with Crippen LogP contribution in [-0.2, 0) is 7.05 Å². The van der Waals surface area contributed by atoms with Gasteiger partial charge in [0.05, 0.1) is 23.8 Å². The molecule has 3 heterocycles. The summed E-state index contributed by atoms with van der Waals surface area (Å²) in [6.07, 6.45) is 6.28. The summed E-state index contributed by atoms with van der Waals surface area (Å²) in [6, 6.07) is 7.85. The van der Waals surface area contributed by atoms with Crippen LogP contribution in [0.1, 0.15) is 10.4 Å². The monoisotopic (exact) mass is 336 g/mol. The van der Waals surface area contributed by atoms with Gasteiger partial charge in [0.25, 0.3) is 5.91 Å². The summed E-state index contributed by atoms with van der Waals surface area (Å²) < 4.78 is 16.6. The minimum atomic E-state index is -0.362. The minimum absolute atomic E-state index is 0.342. The second kappa shape index (κ2) is 5.82. The van der Waals surface area contributed by atoms with Crippen LogP contribution in [0.25, 0.3) is 16.9 Å². The Morgan fingerprint density at radius 2 is 2.08 bits per heavy atom. The Balaban J connectivity index is 1.71. The molecule has 0 unspecified atom stereocenters. The van der Waals surface area contributed by atoms with Crippen LogP contribution < -0.4 is 5.32 Å². The van der Waals surface area contributed by atoms with Crippen molar-refractivity contribution in [2.24, 2.45) is 7.05 Å². The Bertz CT molecular complexity index is 1080. The molecule has 0 bridgehead atoms. The summed E-state index contributed by atoms with van der Waals surface area (Å²) in [7, 11) is 1.73. The lowest BCUT2D eigenvalue weighted by Crippen LogP contribution is -2.12. The van der Waals surface area contributed by atoms with Crippen LogP contribution in [0.2, 0.25) is 0 Å². The number of carbonyl (C=O) groups excluding carboxylic acids is 1. The van der Waals surface area contributed by atoms with Crippen LogP contribution in [0.3, 0.4) is 0 Å². The first-order valence-corrected chi connectivity index (χ1v) is 7.51. The fraction of sp³-hybridized carbons (Fsp3) is 0.0588. The zero-order valence-corrected chi connectivity index (χ0v) is 13.2. The highest BCUT2D eigenvalue weighted by Crippen LogP contribution is 2.28. The number of amides is 1. The molecule has 8 heteroatoms. The Morgan fingerprint density at radius 3 is 2.92 bits per heavy atom. The summed E-state index contributed by atoms with van der Waals surface area (Å²) in [5, 5.41) is 11.1. The lowest BCUT2D eigenvalue weighted by molar-refractivity contribution is 0.102. The quantitative estimate of drug-likeness (QED) is 0.624. The van der Waals surface area contributed by atoms with Gasteiger partial charge < -0.3 is 5.32 Å². The topological polar surface area (TPSA) is 77.1 Å². The second-order valence-corrected chi connectivity index (χ2v) is 5.44. The molecule has 1 aromatic carbocycles. The fourth-order valence-corrected chi connectivity index (χ4v) is 2.68. The van der Waals surface area contributed by atoms with Crippen molar-refractivity contribution in [2.75, 3.05) is 5.32 Å². The lowest BCUT2D eigenvalue weighted by atomic mass is 10.1. The molecule has 25 heavy (non-hydrogen) atoms. The van der Waals surface area contributed by atoms with Gasteiger partial charge in [-0.25, -0.2) is 13.9 Å². The van der Waals surface area contributed by atoms with Crippen LogP contribution in [-0.4, -0.2) is 30.3 Å². The van der Waals surface area contributed by atoms with Gasteiger partial charge in [-0.1, -0.05) is 12.1 Å². The van der Waals surface area contributed by atoms with Gasteiger partial charge in [0.1, 0.15) is 11.4 Å². The molecule has 1 amide bonds. The molecule has 4 aromatic rings. The number of aromatic nitrogens is 5. The third kappa shape index (κ3) is 2.63. The maximum atomic E-state index is 13.5. The molecule has 0 radical (unpaired) electrons. The molecule has 3 aromatic heterocycles. The number of nitrogens with zero attached hydrogens (tertiary/aromatic N) is 5. The van der Waals surface area contributed by atoms with E-state index in [-0.39, 0.29) is 11.7 Å². The Hall–Kier alpha value is -3.55. The van der Waals surface area contributed by atoms with Gasteiger partial charge in [0.15, 0.2) is 5.65 Å². The number of rotatable bonds is 3. The van der Waals surface area contributed by atoms with Crippen molar-refractivity contribution in [3.8, 4) is 11.3 Å². The van der Waals surface area contributed by atoms with E-state index in [1.165, 1.54) is 29.0 Å². The second-order valence-electron chi connectivity index (χ2n) is 5.44. The molecule has 7 nitrogen and oxygen atoms in total. The number of fused-ring (bicyclic) bond motifs is 1. The highest BCUT2D eigenvalue weighted by atomic mass is 19.1. The van der Waals surface area contributed by atoms with E-state index >= 15 is 0 Å². The van der Waals surface area contributed by atoms with Gasteiger partial charge >= 0.3 is 0 Å². The summed E-state index contributed by atoms with van der Waals surface area (Å²) >= 11 is 0. The van der Waals surface area contributed by atoms with Crippen LogP contribution >= 0.6 is 0 Å². The number of nitrogens with one attached hydrogen (secondary N) is 1. The normalized spacial score (nSPS) is 11.0. The van der Waals surface area contributed by atoms with Gasteiger partial charge in [-0.2, -0.15) is 10.2 Å². The van der Waals surface area contributed by atoms with Crippen LogP contribution in [0.5, 0.6) is 0 Å². The van der Waals surface area contributed by atoms with Crippen molar-refractivity contribution < 1.29 is 9.18 Å². The predicted octanol–water partition coefficient (Wildman–Crippen LogP) is 2.52. The van der Waals surface area contributed by atoms with Crippen LogP contribution in [0.4, 0.5) is 10.1 Å². The number of hydrogen-bond acceptors (Lipinski definition) is 4. The Kier molecular flexibility index (Phi) is 3.50. The molecular weight excluding hydrogens is 323 g/mol. The summed E-state index contributed by atoms with van der Waals surface area (Å²) in [5.41, 5.74) is 2.50. The van der Waals surface area contributed by atoms with Crippen LogP contribution in [0, 0.1) is 5.82 Å². The maximum absolute atomic E-state index is 13.5. The van der Waals surface area contributed by atoms with Crippen molar-refractivity contribution in [3.63, 3.8) is 0 Å². The first-order valence-electron chi connectivity index (χ1n) is 7.51. The number of halogens is 1. The molecule has 0 aliphatic carbocycles. The van der Waals surface area contributed by atoms with E-state index < -0.39 is 0 Å².